The van der Waals surface area contributed by atoms with Gasteiger partial charge in [0.05, 0.1) is 0 Å². The molecule has 0 amide bonds. The van der Waals surface area contributed by atoms with Crippen LogP contribution >= 0.6 is 11.8 Å². The van der Waals surface area contributed by atoms with Gasteiger partial charge in [0.25, 0.3) is 0 Å². The van der Waals surface area contributed by atoms with E-state index in [0.29, 0.717) is 16.9 Å². The fourth-order valence-electron chi connectivity index (χ4n) is 1.90. The van der Waals surface area contributed by atoms with Crippen molar-refractivity contribution < 1.29 is 0 Å². The minimum atomic E-state index is 0.457. The summed E-state index contributed by atoms with van der Waals surface area (Å²) in [6, 6.07) is 3.81. The first-order valence-electron chi connectivity index (χ1n) is 5.85. The third kappa shape index (κ3) is 2.89. The van der Waals surface area contributed by atoms with Gasteiger partial charge in [0, 0.05) is 29.8 Å². The number of rotatable bonds is 2. The van der Waals surface area contributed by atoms with Crippen molar-refractivity contribution in [1.82, 2.24) is 9.97 Å². The quantitative estimate of drug-likeness (QED) is 0.801. The monoisotopic (exact) mass is 248 g/mol. The first-order chi connectivity index (χ1) is 8.22. The summed E-state index contributed by atoms with van der Waals surface area (Å²) < 4.78 is 0. The lowest BCUT2D eigenvalue weighted by molar-refractivity contribution is 0.707. The average molecular weight is 248 g/mol. The maximum absolute atomic E-state index is 8.92. The number of hydrogen-bond acceptors (Lipinski definition) is 5. The normalized spacial score (nSPS) is 20.1. The van der Waals surface area contributed by atoms with Gasteiger partial charge in [-0.1, -0.05) is 6.92 Å². The van der Waals surface area contributed by atoms with Crippen LogP contribution in [0, 0.1) is 18.3 Å². The molecule has 0 spiro atoms. The zero-order valence-corrected chi connectivity index (χ0v) is 11.0. The number of anilines is 1. The summed E-state index contributed by atoms with van der Waals surface area (Å²) in [6.07, 6.45) is 1.16. The molecule has 2 heterocycles. The topological polar surface area (TPSA) is 52.8 Å². The van der Waals surface area contributed by atoms with E-state index in [1.165, 1.54) is 0 Å². The van der Waals surface area contributed by atoms with Crippen molar-refractivity contribution in [3.8, 4) is 6.07 Å². The molecule has 1 atom stereocenters. The third-order valence-electron chi connectivity index (χ3n) is 2.83. The van der Waals surface area contributed by atoms with Crippen molar-refractivity contribution in [2.75, 3.05) is 23.7 Å². The van der Waals surface area contributed by atoms with E-state index < -0.39 is 0 Å². The number of nitrogens with zero attached hydrogens (tertiary/aromatic N) is 4. The maximum atomic E-state index is 8.92. The van der Waals surface area contributed by atoms with Gasteiger partial charge in [0.15, 0.2) is 0 Å². The van der Waals surface area contributed by atoms with Crippen molar-refractivity contribution in [3.63, 3.8) is 0 Å². The summed E-state index contributed by atoms with van der Waals surface area (Å²) in [4.78, 5) is 10.9. The van der Waals surface area contributed by atoms with E-state index in [1.54, 1.807) is 6.07 Å². The van der Waals surface area contributed by atoms with E-state index in [1.807, 2.05) is 18.7 Å². The minimum absolute atomic E-state index is 0.457. The molecule has 0 aromatic carbocycles. The molecule has 0 saturated carbocycles. The lowest BCUT2D eigenvalue weighted by Gasteiger charge is -2.32. The SMILES string of the molecule is CCC1CN(c2nc(C)cc(C#N)n2)CCS1. The highest BCUT2D eigenvalue weighted by Gasteiger charge is 2.21. The Hall–Kier alpha value is -1.28. The second kappa shape index (κ2) is 5.37. The fraction of sp³-hybridized carbons (Fsp3) is 0.583. The first-order valence-corrected chi connectivity index (χ1v) is 6.90. The van der Waals surface area contributed by atoms with Crippen LogP contribution in [0.3, 0.4) is 0 Å². The van der Waals surface area contributed by atoms with Crippen LogP contribution in [0.4, 0.5) is 5.95 Å². The molecule has 4 nitrogen and oxygen atoms in total. The summed E-state index contributed by atoms with van der Waals surface area (Å²) in [6.45, 7) is 6.06. The van der Waals surface area contributed by atoms with Crippen molar-refractivity contribution in [1.29, 1.82) is 5.26 Å². The molecule has 0 radical (unpaired) electrons. The largest absolute Gasteiger partial charge is 0.339 e. The number of aryl methyl sites for hydroxylation is 1. The Morgan fingerprint density at radius 3 is 3.12 bits per heavy atom. The Morgan fingerprint density at radius 1 is 1.59 bits per heavy atom. The van der Waals surface area contributed by atoms with Crippen molar-refractivity contribution in [2.45, 2.75) is 25.5 Å². The Labute approximate surface area is 106 Å². The molecule has 1 aromatic rings. The van der Waals surface area contributed by atoms with E-state index in [-0.39, 0.29) is 0 Å². The molecular formula is C12H16N4S. The van der Waals surface area contributed by atoms with Crippen LogP contribution in [0.25, 0.3) is 0 Å². The van der Waals surface area contributed by atoms with E-state index in [0.717, 1.165) is 31.0 Å². The molecule has 0 bridgehead atoms. The zero-order chi connectivity index (χ0) is 12.3. The standard InChI is InChI=1S/C12H16N4S/c1-3-11-8-16(4-5-17-11)12-14-9(2)6-10(7-13)15-12/h6,11H,3-5,8H2,1-2H3. The number of hydrogen-bond donors (Lipinski definition) is 0. The summed E-state index contributed by atoms with van der Waals surface area (Å²) >= 11 is 2.01. The zero-order valence-electron chi connectivity index (χ0n) is 10.2. The molecule has 0 N–H and O–H groups in total. The van der Waals surface area contributed by atoms with Crippen molar-refractivity contribution in [3.05, 3.63) is 17.5 Å². The Morgan fingerprint density at radius 2 is 2.41 bits per heavy atom. The van der Waals surface area contributed by atoms with Gasteiger partial charge in [-0.2, -0.15) is 17.0 Å². The molecule has 1 aliphatic rings. The predicted octanol–water partition coefficient (Wildman–Crippen LogP) is 1.99. The van der Waals surface area contributed by atoms with Gasteiger partial charge in [0.2, 0.25) is 5.95 Å². The molecule has 1 aromatic heterocycles. The predicted molar refractivity (Wildman–Crippen MR) is 70.2 cm³/mol. The molecule has 17 heavy (non-hydrogen) atoms. The highest BCUT2D eigenvalue weighted by molar-refractivity contribution is 8.00. The lowest BCUT2D eigenvalue weighted by atomic mass is 10.3. The van der Waals surface area contributed by atoms with Gasteiger partial charge < -0.3 is 4.90 Å². The fourth-order valence-corrected chi connectivity index (χ4v) is 3.08. The van der Waals surface area contributed by atoms with Gasteiger partial charge in [-0.15, -0.1) is 0 Å². The minimum Gasteiger partial charge on any atom is -0.339 e. The summed E-state index contributed by atoms with van der Waals surface area (Å²) in [5, 5.41) is 9.57. The van der Waals surface area contributed by atoms with Crippen molar-refractivity contribution >= 4 is 17.7 Å². The van der Waals surface area contributed by atoms with Gasteiger partial charge in [-0.05, 0) is 19.4 Å². The van der Waals surface area contributed by atoms with Gasteiger partial charge in [-0.3, -0.25) is 0 Å². The molecule has 90 valence electrons. The Kier molecular flexibility index (Phi) is 3.85. The molecule has 2 rings (SSSR count). The maximum Gasteiger partial charge on any atom is 0.226 e. The van der Waals surface area contributed by atoms with E-state index in [4.69, 9.17) is 5.26 Å². The lowest BCUT2D eigenvalue weighted by Crippen LogP contribution is -2.38. The number of nitriles is 1. The van der Waals surface area contributed by atoms with Gasteiger partial charge in [0.1, 0.15) is 11.8 Å². The summed E-state index contributed by atoms with van der Waals surface area (Å²) in [5.74, 6) is 1.82. The van der Waals surface area contributed by atoms with Crippen LogP contribution < -0.4 is 4.90 Å². The average Bonchev–Trinajstić information content (AvgIpc) is 2.38. The second-order valence-corrected chi connectivity index (χ2v) is 5.56. The first kappa shape index (κ1) is 12.2. The Balaban J connectivity index is 2.21. The van der Waals surface area contributed by atoms with Crippen LogP contribution in [-0.2, 0) is 0 Å². The molecule has 1 unspecified atom stereocenters. The number of thioether (sulfide) groups is 1. The van der Waals surface area contributed by atoms with Crippen LogP contribution in [0.5, 0.6) is 0 Å². The van der Waals surface area contributed by atoms with Gasteiger partial charge in [-0.25, -0.2) is 9.97 Å². The van der Waals surface area contributed by atoms with Crippen LogP contribution in [0.2, 0.25) is 0 Å². The molecule has 1 saturated heterocycles. The highest BCUT2D eigenvalue weighted by atomic mass is 32.2. The van der Waals surface area contributed by atoms with E-state index in [2.05, 4.69) is 27.9 Å². The molecule has 1 fully saturated rings. The Bertz CT molecular complexity index is 441. The molecule has 5 heteroatoms. The highest BCUT2D eigenvalue weighted by Crippen LogP contribution is 2.23. The van der Waals surface area contributed by atoms with Crippen LogP contribution in [0.1, 0.15) is 24.7 Å². The molecule has 1 aliphatic heterocycles. The third-order valence-corrected chi connectivity index (χ3v) is 4.21. The smallest absolute Gasteiger partial charge is 0.226 e. The van der Waals surface area contributed by atoms with E-state index in [9.17, 15) is 0 Å². The molecule has 0 aliphatic carbocycles. The van der Waals surface area contributed by atoms with Crippen LogP contribution in [-0.4, -0.2) is 34.1 Å². The van der Waals surface area contributed by atoms with Gasteiger partial charge >= 0.3 is 0 Å². The van der Waals surface area contributed by atoms with Crippen molar-refractivity contribution in [2.24, 2.45) is 0 Å². The number of aromatic nitrogens is 2. The molecular weight excluding hydrogens is 232 g/mol. The summed E-state index contributed by atoms with van der Waals surface area (Å²) in [7, 11) is 0. The summed E-state index contributed by atoms with van der Waals surface area (Å²) in [5.41, 5.74) is 1.32. The van der Waals surface area contributed by atoms with Crippen LogP contribution in [0.15, 0.2) is 6.07 Å². The van der Waals surface area contributed by atoms with E-state index >= 15 is 0 Å². The second-order valence-electron chi connectivity index (χ2n) is 4.15.